The van der Waals surface area contributed by atoms with Crippen LogP contribution in [-0.4, -0.2) is 34.1 Å². The summed E-state index contributed by atoms with van der Waals surface area (Å²) < 4.78 is 0. The van der Waals surface area contributed by atoms with E-state index < -0.39 is 0 Å². The Hall–Kier alpha value is 0.868. The highest BCUT2D eigenvalue weighted by molar-refractivity contribution is 6.90. The van der Waals surface area contributed by atoms with E-state index in [9.17, 15) is 0 Å². The van der Waals surface area contributed by atoms with Crippen molar-refractivity contribution in [1.29, 1.82) is 0 Å². The molecule has 0 N–H and O–H groups in total. The Morgan fingerprint density at radius 1 is 1.00 bits per heavy atom. The zero-order chi connectivity index (χ0) is 3.41. The van der Waals surface area contributed by atoms with Crippen LogP contribution in [0.4, 0.5) is 0 Å². The van der Waals surface area contributed by atoms with Crippen molar-refractivity contribution in [2.75, 3.05) is 0 Å². The minimum atomic E-state index is 0.887. The van der Waals surface area contributed by atoms with E-state index in [1.54, 1.807) is 0 Å². The molecule has 0 amide bonds. The third-order valence-corrected chi connectivity index (χ3v) is 5.06. The molecule has 0 saturated carbocycles. The molecule has 0 atom stereocenters. The summed E-state index contributed by atoms with van der Waals surface area (Å²) in [6, 6.07) is 0. The second-order valence-electron chi connectivity index (χ2n) is 0.250. The average molecular weight is 112 g/mol. The van der Waals surface area contributed by atoms with Gasteiger partial charge in [0.2, 0.25) is 0 Å². The average Bonchev–Trinajstić information content (AvgIpc) is 1.37. The maximum atomic E-state index is 3.28. The molecule has 0 unspecified atom stereocenters. The Morgan fingerprint density at radius 2 is 1.25 bits per heavy atom. The molecule has 0 fully saturated rings. The van der Waals surface area contributed by atoms with Gasteiger partial charge >= 0.3 is 0 Å². The molecule has 0 aromatic heterocycles. The summed E-state index contributed by atoms with van der Waals surface area (Å²) in [5.41, 5.74) is 0. The normalized spacial score (nSPS) is 3.00. The Kier molecular flexibility index (Phi) is 4.71. The molecule has 0 aromatic carbocycles. The van der Waals surface area contributed by atoms with Gasteiger partial charge in [0.25, 0.3) is 0 Å². The Balaban J connectivity index is 3.95. The van der Waals surface area contributed by atoms with Crippen LogP contribution in [0.2, 0.25) is 0 Å². The first-order chi connectivity index (χ1) is 1.91. The molecule has 0 aliphatic carbocycles. The second kappa shape index (κ2) is 3.87. The summed E-state index contributed by atoms with van der Waals surface area (Å²) in [6.07, 6.45) is 0. The second-order valence-corrected chi connectivity index (χ2v) is 6.75. The molecule has 0 heterocycles. The monoisotopic (exact) mass is 112 g/mol. The minimum Gasteiger partial charge on any atom is -1.02 e. The molecular weight excluding hydrogens is 112 g/mol. The van der Waals surface area contributed by atoms with E-state index in [1.807, 2.05) is 0 Å². The lowest BCUT2D eigenvalue weighted by Gasteiger charge is -2.15. The zero-order valence-corrected chi connectivity index (χ0v) is 6.00. The highest BCUT2D eigenvalue weighted by atomic mass is 29.2. The highest BCUT2D eigenvalue weighted by Crippen LogP contribution is 0.764. The minimum absolute atomic E-state index is 0.887. The molecule has 0 saturated heterocycles. The molecule has 4 heavy (non-hydrogen) atoms. The SMILES string of the molecule is [Si-2]=[Si]=[Si]=[Si-2]. The Morgan fingerprint density at radius 3 is 1.25 bits per heavy atom. The van der Waals surface area contributed by atoms with E-state index in [0.29, 0.717) is 0 Å². The molecule has 0 rings (SSSR count). The van der Waals surface area contributed by atoms with E-state index in [4.69, 9.17) is 0 Å². The van der Waals surface area contributed by atoms with Crippen LogP contribution in [-0.2, 0) is 0 Å². The van der Waals surface area contributed by atoms with E-state index in [-0.39, 0.29) is 0 Å². The van der Waals surface area contributed by atoms with Gasteiger partial charge in [0.1, 0.15) is 0 Å². The van der Waals surface area contributed by atoms with Gasteiger partial charge in [0, 0.05) is 0 Å². The van der Waals surface area contributed by atoms with Gasteiger partial charge < -0.3 is 34.1 Å². The van der Waals surface area contributed by atoms with Crippen LogP contribution < -0.4 is 0 Å². The smallest absolute Gasteiger partial charge is 0.978 e. The van der Waals surface area contributed by atoms with Gasteiger partial charge in [-0.3, -0.25) is 0 Å². The summed E-state index contributed by atoms with van der Waals surface area (Å²) in [5, 5.41) is 0. The maximum Gasteiger partial charge on any atom is -0.978 e. The first-order valence-electron chi connectivity index (χ1n) is 0.750. The molecule has 0 aliphatic rings. The fourth-order valence-corrected chi connectivity index (χ4v) is 0. The van der Waals surface area contributed by atoms with Crippen molar-refractivity contribution in [1.82, 2.24) is 0 Å². The van der Waals surface area contributed by atoms with Gasteiger partial charge in [-0.2, -0.15) is 0 Å². The summed E-state index contributed by atoms with van der Waals surface area (Å²) in [4.78, 5) is 0. The molecule has 0 bridgehead atoms. The van der Waals surface area contributed by atoms with Gasteiger partial charge in [-0.05, 0) is 0 Å². The van der Waals surface area contributed by atoms with Crippen LogP contribution in [0.3, 0.4) is 0 Å². The van der Waals surface area contributed by atoms with Gasteiger partial charge in [0.05, 0.1) is 0 Å². The lowest BCUT2D eigenvalue weighted by atomic mass is 26.9. The zero-order valence-electron chi connectivity index (χ0n) is 2.00. The van der Waals surface area contributed by atoms with Crippen LogP contribution in [0.25, 0.3) is 0 Å². The van der Waals surface area contributed by atoms with Gasteiger partial charge in [-0.1, -0.05) is 0 Å². The van der Waals surface area contributed by atoms with Gasteiger partial charge in [0.15, 0.2) is 0 Å². The van der Waals surface area contributed by atoms with Gasteiger partial charge in [-0.15, -0.1) is 0 Å². The third kappa shape index (κ3) is 2.87. The first-order valence-corrected chi connectivity index (χ1v) is 6.75. The lowest BCUT2D eigenvalue weighted by molar-refractivity contribution is 4.61. The third-order valence-electron chi connectivity index (χ3n) is 0.0625. The van der Waals surface area contributed by atoms with Crippen LogP contribution in [0, 0.1) is 0 Å². The molecule has 0 aliphatic heterocycles. The lowest BCUT2D eigenvalue weighted by Crippen LogP contribution is -1.52. The van der Waals surface area contributed by atoms with E-state index in [1.165, 1.54) is 0 Å². The van der Waals surface area contributed by atoms with Crippen molar-refractivity contribution in [3.63, 3.8) is 0 Å². The van der Waals surface area contributed by atoms with Crippen molar-refractivity contribution in [3.05, 3.63) is 0 Å². The van der Waals surface area contributed by atoms with Crippen molar-refractivity contribution in [3.8, 4) is 0 Å². The van der Waals surface area contributed by atoms with Crippen molar-refractivity contribution in [2.45, 2.75) is 0 Å². The van der Waals surface area contributed by atoms with Crippen LogP contribution in [0.5, 0.6) is 0 Å². The fraction of sp³-hybridized carbons (Fsp3) is 0. The quantitative estimate of drug-likeness (QED) is 0.334. The topological polar surface area (TPSA) is 0 Å². The number of rotatable bonds is 0. The summed E-state index contributed by atoms with van der Waals surface area (Å²) in [6.45, 7) is 0. The molecular formula is Si4-4. The van der Waals surface area contributed by atoms with Crippen LogP contribution in [0.15, 0.2) is 0 Å². The largest absolute Gasteiger partial charge is 1.02 e. The summed E-state index contributed by atoms with van der Waals surface area (Å²) in [7, 11) is 8.33. The highest BCUT2D eigenvalue weighted by Gasteiger charge is 0.136. The summed E-state index contributed by atoms with van der Waals surface area (Å²) >= 11 is 0. The summed E-state index contributed by atoms with van der Waals surface area (Å²) in [5.74, 6) is 0. The van der Waals surface area contributed by atoms with E-state index in [0.717, 1.165) is 15.4 Å². The predicted molar refractivity (Wildman–Crippen MR) is 23.0 cm³/mol. The van der Waals surface area contributed by atoms with Crippen molar-refractivity contribution >= 4 is 34.1 Å². The van der Waals surface area contributed by atoms with Crippen molar-refractivity contribution in [2.24, 2.45) is 0 Å². The Bertz CT molecular complexity index is 50.1. The van der Waals surface area contributed by atoms with E-state index >= 15 is 0 Å². The van der Waals surface area contributed by atoms with Gasteiger partial charge in [-0.25, -0.2) is 0 Å². The molecule has 0 aromatic rings. The molecule has 0 spiro atoms. The molecule has 0 radical (unpaired) electrons. The maximum absolute atomic E-state index is 3.28. The van der Waals surface area contributed by atoms with Crippen LogP contribution >= 0.6 is 0 Å². The number of hydrogen-bond donors (Lipinski definition) is 0. The molecule has 0 nitrogen and oxygen atoms in total. The molecule has 20 valence electrons. The predicted octanol–water partition coefficient (Wildman–Crippen LogP) is -1.52. The van der Waals surface area contributed by atoms with E-state index in [2.05, 4.69) is 18.7 Å². The standard InChI is InChI=1S/Si4/c1-3-4-2/q-4. The van der Waals surface area contributed by atoms with Crippen LogP contribution in [0.1, 0.15) is 0 Å². The first kappa shape index (κ1) is 4.87. The molecule has 4 heteroatoms. The number of hydrogen-bond acceptors (Lipinski definition) is 0. The Labute approximate surface area is 34.7 Å². The van der Waals surface area contributed by atoms with Crippen molar-refractivity contribution < 1.29 is 0 Å². The fourth-order valence-electron chi connectivity index (χ4n) is 0.